The zero-order chi connectivity index (χ0) is 20.7. The Labute approximate surface area is 176 Å². The van der Waals surface area contributed by atoms with E-state index in [4.69, 9.17) is 14.2 Å². The summed E-state index contributed by atoms with van der Waals surface area (Å²) in [6.07, 6.45) is 13.1. The lowest BCUT2D eigenvalue weighted by Gasteiger charge is -2.12. The van der Waals surface area contributed by atoms with Crippen LogP contribution in [0.1, 0.15) is 89.9 Å². The van der Waals surface area contributed by atoms with Gasteiger partial charge in [0, 0.05) is 12.0 Å². The molecule has 1 aromatic rings. The van der Waals surface area contributed by atoms with E-state index in [2.05, 4.69) is 19.9 Å². The predicted octanol–water partition coefficient (Wildman–Crippen LogP) is 6.51. The van der Waals surface area contributed by atoms with E-state index < -0.39 is 0 Å². The minimum atomic E-state index is -0.361. The highest BCUT2D eigenvalue weighted by atomic mass is 16.7. The Morgan fingerprint density at radius 2 is 1.83 bits per heavy atom. The highest BCUT2D eigenvalue weighted by molar-refractivity contribution is 5.69. The minimum absolute atomic E-state index is 0.154. The second kappa shape index (κ2) is 14.4. The third-order valence-electron chi connectivity index (χ3n) is 5.25. The summed E-state index contributed by atoms with van der Waals surface area (Å²) in [6.45, 7) is 5.16. The Morgan fingerprint density at radius 3 is 2.62 bits per heavy atom. The molecule has 0 aromatic heterocycles. The average molecular weight is 403 g/mol. The van der Waals surface area contributed by atoms with E-state index >= 15 is 0 Å². The molecule has 0 amide bonds. The fourth-order valence-electron chi connectivity index (χ4n) is 3.46. The van der Waals surface area contributed by atoms with Crippen LogP contribution in [0, 0.1) is 0 Å². The zero-order valence-corrected chi connectivity index (χ0v) is 18.2. The predicted molar refractivity (Wildman–Crippen MR) is 117 cm³/mol. The first kappa shape index (κ1) is 23.6. The fourth-order valence-corrected chi connectivity index (χ4v) is 3.46. The summed E-state index contributed by atoms with van der Waals surface area (Å²) in [7, 11) is 0. The van der Waals surface area contributed by atoms with E-state index in [1.807, 2.05) is 30.3 Å². The molecule has 4 heteroatoms. The number of unbranched alkanes of at least 4 members (excludes halogenated alkanes) is 6. The Bertz CT molecular complexity index is 596. The monoisotopic (exact) mass is 402 g/mol. The molecule has 0 saturated carbocycles. The molecular formula is C25H38O4. The summed E-state index contributed by atoms with van der Waals surface area (Å²) in [5.74, 6) is -0.154. The molecule has 0 bridgehead atoms. The number of carbonyl (C=O) groups is 1. The Balaban J connectivity index is 1.49. The van der Waals surface area contributed by atoms with Gasteiger partial charge < -0.3 is 14.2 Å². The molecule has 2 unspecified atom stereocenters. The zero-order valence-electron chi connectivity index (χ0n) is 18.2. The molecule has 1 heterocycles. The molecule has 1 aliphatic heterocycles. The van der Waals surface area contributed by atoms with Gasteiger partial charge in [0.2, 0.25) is 0 Å². The van der Waals surface area contributed by atoms with Crippen molar-refractivity contribution in [2.45, 2.75) is 90.4 Å². The number of hydrogen-bond donors (Lipinski definition) is 0. The molecule has 0 radical (unpaired) electrons. The molecule has 1 saturated heterocycles. The van der Waals surface area contributed by atoms with E-state index in [1.54, 1.807) is 0 Å². The Kier molecular flexibility index (Phi) is 11.7. The standard InChI is InChI=1S/C25H38O4/c1-3-4-5-6-7-9-14-21(2)15-12-13-18-24(26)27-19-23-20-28-25(29-23)22-16-10-8-11-17-22/h8,10-11,15-17,23,25H,3-7,9,12-14,18-20H2,1-2H3/b21-15+. The highest BCUT2D eigenvalue weighted by Gasteiger charge is 2.28. The van der Waals surface area contributed by atoms with Crippen molar-refractivity contribution in [3.63, 3.8) is 0 Å². The van der Waals surface area contributed by atoms with Crippen LogP contribution < -0.4 is 0 Å². The maximum Gasteiger partial charge on any atom is 0.305 e. The minimum Gasteiger partial charge on any atom is -0.463 e. The van der Waals surface area contributed by atoms with Gasteiger partial charge in [-0.2, -0.15) is 0 Å². The highest BCUT2D eigenvalue weighted by Crippen LogP contribution is 2.26. The smallest absolute Gasteiger partial charge is 0.305 e. The first-order chi connectivity index (χ1) is 14.2. The van der Waals surface area contributed by atoms with Gasteiger partial charge in [-0.3, -0.25) is 4.79 Å². The third-order valence-corrected chi connectivity index (χ3v) is 5.25. The van der Waals surface area contributed by atoms with Crippen molar-refractivity contribution in [3.05, 3.63) is 47.5 Å². The molecule has 162 valence electrons. The first-order valence-electron chi connectivity index (χ1n) is 11.3. The van der Waals surface area contributed by atoms with Crippen molar-refractivity contribution in [2.24, 2.45) is 0 Å². The SMILES string of the molecule is CCCCCCCC/C(C)=C/CCCC(=O)OCC1COC(c2ccccc2)O1. The van der Waals surface area contributed by atoms with Crippen LogP contribution in [0.5, 0.6) is 0 Å². The van der Waals surface area contributed by atoms with Gasteiger partial charge in [-0.15, -0.1) is 0 Å². The number of carbonyl (C=O) groups excluding carboxylic acids is 1. The number of hydrogen-bond acceptors (Lipinski definition) is 4. The molecule has 0 spiro atoms. The topological polar surface area (TPSA) is 44.8 Å². The van der Waals surface area contributed by atoms with E-state index in [1.165, 1.54) is 50.5 Å². The first-order valence-corrected chi connectivity index (χ1v) is 11.3. The summed E-state index contributed by atoms with van der Waals surface area (Å²) in [6, 6.07) is 9.82. The Morgan fingerprint density at radius 1 is 1.07 bits per heavy atom. The third kappa shape index (κ3) is 10.1. The quantitative estimate of drug-likeness (QED) is 0.202. The van der Waals surface area contributed by atoms with Crippen LogP contribution in [0.4, 0.5) is 0 Å². The largest absolute Gasteiger partial charge is 0.463 e. The van der Waals surface area contributed by atoms with Crippen LogP contribution >= 0.6 is 0 Å². The van der Waals surface area contributed by atoms with Gasteiger partial charge in [-0.05, 0) is 32.6 Å². The fraction of sp³-hybridized carbons (Fsp3) is 0.640. The molecule has 1 aromatic carbocycles. The van der Waals surface area contributed by atoms with E-state index in [9.17, 15) is 4.79 Å². The Hall–Kier alpha value is -1.65. The molecule has 1 aliphatic rings. The van der Waals surface area contributed by atoms with Gasteiger partial charge in [-0.25, -0.2) is 0 Å². The van der Waals surface area contributed by atoms with Gasteiger partial charge in [0.05, 0.1) is 6.61 Å². The van der Waals surface area contributed by atoms with Crippen LogP contribution in [0.25, 0.3) is 0 Å². The van der Waals surface area contributed by atoms with Gasteiger partial charge >= 0.3 is 5.97 Å². The van der Waals surface area contributed by atoms with Crippen molar-refractivity contribution in [3.8, 4) is 0 Å². The lowest BCUT2D eigenvalue weighted by molar-refractivity contribution is -0.148. The number of ether oxygens (including phenoxy) is 3. The molecule has 0 N–H and O–H groups in total. The van der Waals surface area contributed by atoms with Crippen molar-refractivity contribution in [1.29, 1.82) is 0 Å². The van der Waals surface area contributed by atoms with E-state index in [0.29, 0.717) is 13.0 Å². The summed E-state index contributed by atoms with van der Waals surface area (Å²) < 4.78 is 16.8. The van der Waals surface area contributed by atoms with Crippen LogP contribution in [0.3, 0.4) is 0 Å². The summed E-state index contributed by atoms with van der Waals surface area (Å²) >= 11 is 0. The second-order valence-electron chi connectivity index (χ2n) is 7.98. The number of benzene rings is 1. The van der Waals surface area contributed by atoms with Crippen molar-refractivity contribution < 1.29 is 19.0 Å². The molecule has 1 fully saturated rings. The number of esters is 1. The molecule has 29 heavy (non-hydrogen) atoms. The second-order valence-corrected chi connectivity index (χ2v) is 7.98. The summed E-state index contributed by atoms with van der Waals surface area (Å²) in [5.41, 5.74) is 2.43. The number of allylic oxidation sites excluding steroid dienone is 2. The van der Waals surface area contributed by atoms with Crippen LogP contribution in [-0.2, 0) is 19.0 Å². The average Bonchev–Trinajstić information content (AvgIpc) is 3.22. The van der Waals surface area contributed by atoms with Crippen molar-refractivity contribution >= 4 is 5.97 Å². The number of rotatable bonds is 14. The van der Waals surface area contributed by atoms with Gasteiger partial charge in [0.1, 0.15) is 12.7 Å². The van der Waals surface area contributed by atoms with Crippen LogP contribution in [-0.4, -0.2) is 25.3 Å². The van der Waals surface area contributed by atoms with Gasteiger partial charge in [-0.1, -0.05) is 81.0 Å². The molecule has 4 nitrogen and oxygen atoms in total. The maximum atomic E-state index is 12.0. The van der Waals surface area contributed by atoms with Crippen molar-refractivity contribution in [1.82, 2.24) is 0 Å². The summed E-state index contributed by atoms with van der Waals surface area (Å²) in [4.78, 5) is 12.0. The van der Waals surface area contributed by atoms with E-state index in [-0.39, 0.29) is 25.0 Å². The van der Waals surface area contributed by atoms with Crippen molar-refractivity contribution in [2.75, 3.05) is 13.2 Å². The molecular weight excluding hydrogens is 364 g/mol. The maximum absolute atomic E-state index is 12.0. The normalized spacial score (nSPS) is 19.4. The van der Waals surface area contributed by atoms with Gasteiger partial charge in [0.15, 0.2) is 6.29 Å². The summed E-state index contributed by atoms with van der Waals surface area (Å²) in [5, 5.41) is 0. The van der Waals surface area contributed by atoms with Crippen LogP contribution in [0.15, 0.2) is 42.0 Å². The lowest BCUT2D eigenvalue weighted by Crippen LogP contribution is -2.20. The van der Waals surface area contributed by atoms with Gasteiger partial charge in [0.25, 0.3) is 0 Å². The molecule has 2 atom stereocenters. The van der Waals surface area contributed by atoms with E-state index in [0.717, 1.165) is 18.4 Å². The molecule has 2 rings (SSSR count). The lowest BCUT2D eigenvalue weighted by atomic mass is 10.0. The van der Waals surface area contributed by atoms with Crippen LogP contribution in [0.2, 0.25) is 0 Å². The molecule has 0 aliphatic carbocycles.